The molecule has 1 aliphatic rings. The van der Waals surface area contributed by atoms with Gasteiger partial charge in [-0.25, -0.2) is 14.8 Å². The molecular formula is C25H23N3O5. The number of aromatic nitrogens is 2. The van der Waals surface area contributed by atoms with Crippen LogP contribution >= 0.6 is 0 Å². The molecule has 4 aromatic rings. The Hall–Kier alpha value is -4.07. The van der Waals surface area contributed by atoms with Crippen molar-refractivity contribution in [3.05, 3.63) is 66.4 Å². The number of ether oxygens (including phenoxy) is 3. The van der Waals surface area contributed by atoms with E-state index in [1.54, 1.807) is 25.3 Å². The smallest absolute Gasteiger partial charge is 0.405 e. The summed E-state index contributed by atoms with van der Waals surface area (Å²) in [6, 6.07) is 16.5. The zero-order valence-electron chi connectivity index (χ0n) is 18.1. The monoisotopic (exact) mass is 445 g/mol. The van der Waals surface area contributed by atoms with E-state index < -0.39 is 12.2 Å². The molecule has 8 heteroatoms. The van der Waals surface area contributed by atoms with Crippen LogP contribution in [0.25, 0.3) is 22.6 Å². The maximum atomic E-state index is 11.0. The Kier molecular flexibility index (Phi) is 5.56. The number of carbonyl (C=O) groups is 1. The third kappa shape index (κ3) is 5.06. The van der Waals surface area contributed by atoms with Gasteiger partial charge >= 0.3 is 6.09 Å². The summed E-state index contributed by atoms with van der Waals surface area (Å²) in [6.45, 7) is 2.49. The summed E-state index contributed by atoms with van der Waals surface area (Å²) in [5.74, 6) is 3.02. The van der Waals surface area contributed by atoms with Gasteiger partial charge in [0.2, 0.25) is 11.8 Å². The van der Waals surface area contributed by atoms with E-state index in [4.69, 9.17) is 24.4 Å². The fraction of sp³-hybridized carbons (Fsp3) is 0.240. The molecule has 0 bridgehead atoms. The fourth-order valence-corrected chi connectivity index (χ4v) is 3.37. The molecule has 2 heterocycles. The Bertz CT molecular complexity index is 1280. The first-order chi connectivity index (χ1) is 16.0. The molecule has 1 fully saturated rings. The molecule has 8 nitrogen and oxygen atoms in total. The van der Waals surface area contributed by atoms with Crippen LogP contribution in [-0.4, -0.2) is 22.7 Å². The molecule has 0 unspecified atom stereocenters. The van der Waals surface area contributed by atoms with Gasteiger partial charge in [0.05, 0.1) is 12.2 Å². The van der Waals surface area contributed by atoms with Crippen LogP contribution in [-0.2, 0) is 4.74 Å². The summed E-state index contributed by atoms with van der Waals surface area (Å²) in [5.41, 5.74) is 7.83. The number of rotatable bonds is 8. The number of hydrogen-bond acceptors (Lipinski definition) is 7. The lowest BCUT2D eigenvalue weighted by Gasteiger charge is -2.10. The largest absolute Gasteiger partial charge is 0.493 e. The maximum Gasteiger partial charge on any atom is 0.405 e. The summed E-state index contributed by atoms with van der Waals surface area (Å²) >= 11 is 0. The Morgan fingerprint density at radius 2 is 2.00 bits per heavy atom. The lowest BCUT2D eigenvalue weighted by molar-refractivity contribution is 0.116. The normalized spacial score (nSPS) is 14.1. The van der Waals surface area contributed by atoms with E-state index in [0.717, 1.165) is 17.9 Å². The van der Waals surface area contributed by atoms with Gasteiger partial charge in [-0.05, 0) is 61.6 Å². The van der Waals surface area contributed by atoms with Gasteiger partial charge in [-0.1, -0.05) is 12.1 Å². The van der Waals surface area contributed by atoms with Crippen molar-refractivity contribution in [1.29, 1.82) is 0 Å². The van der Waals surface area contributed by atoms with Crippen molar-refractivity contribution in [3.63, 3.8) is 0 Å². The second kappa shape index (κ2) is 8.82. The number of nitrogens with zero attached hydrogens (tertiary/aromatic N) is 2. The topological polar surface area (TPSA) is 110 Å². The average Bonchev–Trinajstić information content (AvgIpc) is 3.54. The molecule has 5 rings (SSSR count). The van der Waals surface area contributed by atoms with Crippen molar-refractivity contribution in [2.75, 3.05) is 6.61 Å². The van der Waals surface area contributed by atoms with E-state index in [9.17, 15) is 4.79 Å². The van der Waals surface area contributed by atoms with Crippen molar-refractivity contribution in [2.45, 2.75) is 25.9 Å². The van der Waals surface area contributed by atoms with Crippen LogP contribution in [0, 0.1) is 5.92 Å². The second-order valence-corrected chi connectivity index (χ2v) is 8.04. The molecule has 2 N–H and O–H groups in total. The quantitative estimate of drug-likeness (QED) is 0.374. The summed E-state index contributed by atoms with van der Waals surface area (Å²) < 4.78 is 22.6. The van der Waals surface area contributed by atoms with E-state index in [2.05, 4.69) is 9.97 Å². The Labute approximate surface area is 190 Å². The van der Waals surface area contributed by atoms with E-state index >= 15 is 0 Å². The van der Waals surface area contributed by atoms with Crippen LogP contribution in [0.5, 0.6) is 17.4 Å². The Balaban J connectivity index is 1.29. The lowest BCUT2D eigenvalue weighted by atomic mass is 10.1. The zero-order valence-corrected chi connectivity index (χ0v) is 18.1. The molecular weight excluding hydrogens is 422 g/mol. The van der Waals surface area contributed by atoms with Gasteiger partial charge in [-0.2, -0.15) is 0 Å². The highest BCUT2D eigenvalue weighted by atomic mass is 16.6. The number of nitrogens with two attached hydrogens (primary N) is 1. The third-order valence-electron chi connectivity index (χ3n) is 5.37. The number of primary amides is 1. The number of pyridine rings is 1. The van der Waals surface area contributed by atoms with Crippen LogP contribution in [0.2, 0.25) is 0 Å². The molecule has 0 spiro atoms. The average molecular weight is 445 g/mol. The minimum atomic E-state index is -0.827. The fourth-order valence-electron chi connectivity index (χ4n) is 3.37. The lowest BCUT2D eigenvalue weighted by Crippen LogP contribution is -2.15. The molecule has 1 saturated carbocycles. The first kappa shape index (κ1) is 20.8. The maximum absolute atomic E-state index is 11.0. The molecule has 1 amide bonds. The molecule has 0 radical (unpaired) electrons. The molecule has 0 saturated heterocycles. The number of hydrogen-bond donors (Lipinski definition) is 1. The first-order valence-corrected chi connectivity index (χ1v) is 10.8. The summed E-state index contributed by atoms with van der Waals surface area (Å²) in [5, 5.41) is 0. The minimum Gasteiger partial charge on any atom is -0.493 e. The number of amides is 1. The highest BCUT2D eigenvalue weighted by Crippen LogP contribution is 2.31. The van der Waals surface area contributed by atoms with Gasteiger partial charge in [-0.3, -0.25) is 0 Å². The molecule has 2 aromatic carbocycles. The van der Waals surface area contributed by atoms with Crippen LogP contribution in [0.15, 0.2) is 65.2 Å². The van der Waals surface area contributed by atoms with Crippen LogP contribution in [0.4, 0.5) is 4.79 Å². The van der Waals surface area contributed by atoms with Crippen molar-refractivity contribution in [2.24, 2.45) is 11.7 Å². The number of fused-ring (bicyclic) bond motifs is 1. The minimum absolute atomic E-state index is 0.431. The van der Waals surface area contributed by atoms with E-state index in [1.165, 1.54) is 12.8 Å². The van der Waals surface area contributed by atoms with Gasteiger partial charge in [0.25, 0.3) is 0 Å². The van der Waals surface area contributed by atoms with Crippen LogP contribution in [0.3, 0.4) is 0 Å². The van der Waals surface area contributed by atoms with E-state index in [-0.39, 0.29) is 0 Å². The van der Waals surface area contributed by atoms with Crippen molar-refractivity contribution in [1.82, 2.24) is 9.97 Å². The highest BCUT2D eigenvalue weighted by Gasteiger charge is 2.22. The summed E-state index contributed by atoms with van der Waals surface area (Å²) in [4.78, 5) is 19.9. The standard InChI is InChI=1S/C25H23N3O5/c1-15(31-25(26)29)17-7-9-21-22(11-17)33-24(28-21)18-8-10-23(27-13-18)32-20-4-2-3-19(12-20)30-14-16-5-6-16/h2-4,7-13,15-16H,5-6,14H2,1H3,(H2,26,29)/t15-/m1/s1. The van der Waals surface area contributed by atoms with Crippen LogP contribution < -0.4 is 15.2 Å². The van der Waals surface area contributed by atoms with Crippen molar-refractivity contribution >= 4 is 17.2 Å². The number of benzene rings is 2. The Morgan fingerprint density at radius 1 is 1.15 bits per heavy atom. The molecule has 1 aliphatic carbocycles. The van der Waals surface area contributed by atoms with E-state index in [0.29, 0.717) is 40.1 Å². The molecule has 0 aliphatic heterocycles. The second-order valence-electron chi connectivity index (χ2n) is 8.04. The number of carbonyl (C=O) groups excluding carboxylic acids is 1. The van der Waals surface area contributed by atoms with Crippen LogP contribution in [0.1, 0.15) is 31.4 Å². The molecule has 1 atom stereocenters. The van der Waals surface area contributed by atoms with Gasteiger partial charge < -0.3 is 24.4 Å². The number of oxazole rings is 1. The van der Waals surface area contributed by atoms with Gasteiger partial charge in [-0.15, -0.1) is 0 Å². The first-order valence-electron chi connectivity index (χ1n) is 10.8. The summed E-state index contributed by atoms with van der Waals surface area (Å²) in [6.07, 6.45) is 2.82. The molecule has 33 heavy (non-hydrogen) atoms. The predicted octanol–water partition coefficient (Wildman–Crippen LogP) is 5.63. The third-order valence-corrected chi connectivity index (χ3v) is 5.37. The predicted molar refractivity (Wildman–Crippen MR) is 121 cm³/mol. The SMILES string of the molecule is C[C@@H](OC(N)=O)c1ccc2nc(-c3ccc(Oc4cccc(OCC5CC5)c4)nc3)oc2c1. The zero-order chi connectivity index (χ0) is 22.8. The van der Waals surface area contributed by atoms with Crippen molar-refractivity contribution in [3.8, 4) is 28.8 Å². The molecule has 168 valence electrons. The van der Waals surface area contributed by atoms with Gasteiger partial charge in [0.15, 0.2) is 5.58 Å². The summed E-state index contributed by atoms with van der Waals surface area (Å²) in [7, 11) is 0. The van der Waals surface area contributed by atoms with Gasteiger partial charge in [0.1, 0.15) is 23.1 Å². The van der Waals surface area contributed by atoms with Gasteiger partial charge in [0, 0.05) is 18.3 Å². The van der Waals surface area contributed by atoms with E-state index in [1.807, 2.05) is 42.5 Å². The Morgan fingerprint density at radius 3 is 2.76 bits per heavy atom. The molecule has 2 aromatic heterocycles. The highest BCUT2D eigenvalue weighted by molar-refractivity contribution is 5.77. The van der Waals surface area contributed by atoms with Crippen molar-refractivity contribution < 1.29 is 23.4 Å².